The van der Waals surface area contributed by atoms with Crippen molar-refractivity contribution >= 4 is 6.21 Å². The van der Waals surface area contributed by atoms with E-state index in [1.54, 1.807) is 6.92 Å². The number of allylic oxidation sites excluding steroid dienone is 2. The molecule has 7 heavy (non-hydrogen) atoms. The summed E-state index contributed by atoms with van der Waals surface area (Å²) in [6.07, 6.45) is 1.20. The molecule has 38 valence electrons. The molecule has 0 unspecified atom stereocenters. The van der Waals surface area contributed by atoms with E-state index in [1.165, 1.54) is 11.6 Å². The van der Waals surface area contributed by atoms with Gasteiger partial charge in [0.05, 0.1) is 0 Å². The van der Waals surface area contributed by atoms with E-state index in [9.17, 15) is 4.39 Å². The maximum absolute atomic E-state index is 12.0. The number of nitrogens with zero attached hydrogens (tertiary/aromatic N) is 1. The van der Waals surface area contributed by atoms with Crippen molar-refractivity contribution < 1.29 is 9.82 Å². The van der Waals surface area contributed by atoms with E-state index in [4.69, 9.17) is 0 Å². The van der Waals surface area contributed by atoms with Crippen LogP contribution in [-0.4, -0.2) is 6.21 Å². The van der Waals surface area contributed by atoms with Gasteiger partial charge in [0.2, 0.25) is 5.83 Å². The Balaban J connectivity index is 2.79. The Morgan fingerprint density at radius 2 is 2.57 bits per heavy atom. The highest BCUT2D eigenvalue weighted by molar-refractivity contribution is 5.76. The lowest BCUT2D eigenvalue weighted by Gasteiger charge is -1.78. The summed E-state index contributed by atoms with van der Waals surface area (Å²) in [6, 6.07) is 0. The first-order chi connectivity index (χ1) is 3.30. The second-order valence-corrected chi connectivity index (χ2v) is 1.44. The zero-order valence-corrected chi connectivity index (χ0v) is 3.98. The molecule has 0 bridgehead atoms. The van der Waals surface area contributed by atoms with Crippen LogP contribution in [-0.2, 0) is 0 Å². The molecule has 2 nitrogen and oxygen atoms in total. The first-order valence-electron chi connectivity index (χ1n) is 2.03. The summed E-state index contributed by atoms with van der Waals surface area (Å²) in [5.41, 5.74) is 2.11. The van der Waals surface area contributed by atoms with E-state index in [2.05, 4.69) is 5.10 Å². The molecule has 3 heteroatoms. The maximum atomic E-state index is 12.0. The van der Waals surface area contributed by atoms with Crippen molar-refractivity contribution in [3.8, 4) is 0 Å². The Morgan fingerprint density at radius 3 is 2.71 bits per heavy atom. The van der Waals surface area contributed by atoms with Crippen molar-refractivity contribution in [3.63, 3.8) is 0 Å². The number of halogens is 1. The Morgan fingerprint density at radius 1 is 1.86 bits per heavy atom. The van der Waals surface area contributed by atoms with Crippen LogP contribution in [0.4, 0.5) is 4.39 Å². The van der Waals surface area contributed by atoms with Gasteiger partial charge in [-0.25, -0.2) is 0 Å². The van der Waals surface area contributed by atoms with Crippen LogP contribution in [0.5, 0.6) is 0 Å². The Bertz CT molecular complexity index is 137. The predicted octanol–water partition coefficient (Wildman–Crippen LogP) is -0.250. The quantitative estimate of drug-likeness (QED) is 0.408. The monoisotopic (exact) mass is 101 g/mol. The third-order valence-corrected chi connectivity index (χ3v) is 0.833. The van der Waals surface area contributed by atoms with E-state index < -0.39 is 0 Å². The molecular formula is C4H6FN2+. The molecule has 0 atom stereocenters. The average Bonchev–Trinajstić information content (AvgIpc) is 1.91. The highest BCUT2D eigenvalue weighted by atomic mass is 19.1. The van der Waals surface area contributed by atoms with Gasteiger partial charge in [-0.05, 0) is 0 Å². The van der Waals surface area contributed by atoms with Crippen molar-refractivity contribution in [1.82, 2.24) is 0 Å². The minimum atomic E-state index is -0.222. The van der Waals surface area contributed by atoms with Crippen LogP contribution in [0.1, 0.15) is 6.92 Å². The van der Waals surface area contributed by atoms with E-state index in [1.807, 2.05) is 0 Å². The molecule has 1 rings (SSSR count). The highest BCUT2D eigenvalue weighted by Gasteiger charge is 2.07. The van der Waals surface area contributed by atoms with Crippen LogP contribution < -0.4 is 5.43 Å². The molecule has 0 fully saturated rings. The summed E-state index contributed by atoms with van der Waals surface area (Å²) in [6.45, 7) is 1.68. The van der Waals surface area contributed by atoms with E-state index >= 15 is 0 Å². The fraction of sp³-hybridized carbons (Fsp3) is 0.250. The molecule has 0 spiro atoms. The lowest BCUT2D eigenvalue weighted by molar-refractivity contribution is -0.608. The fourth-order valence-electron chi connectivity index (χ4n) is 0.378. The van der Waals surface area contributed by atoms with Crippen LogP contribution in [0.3, 0.4) is 0 Å². The molecule has 1 aliphatic rings. The minimum absolute atomic E-state index is 0.222. The van der Waals surface area contributed by atoms with Crippen LogP contribution in [0.25, 0.3) is 0 Å². The summed E-state index contributed by atoms with van der Waals surface area (Å²) in [4.78, 5) is 0. The number of rotatable bonds is 0. The van der Waals surface area contributed by atoms with Gasteiger partial charge in [0.25, 0.3) is 0 Å². The molecule has 0 aromatic carbocycles. The molecule has 1 heterocycles. The largest absolute Gasteiger partial charge is 0.204 e. The van der Waals surface area contributed by atoms with Crippen LogP contribution in [0.2, 0.25) is 0 Å². The average molecular weight is 101 g/mol. The maximum Gasteiger partial charge on any atom is 0.204 e. The van der Waals surface area contributed by atoms with Crippen molar-refractivity contribution in [3.05, 3.63) is 11.5 Å². The van der Waals surface area contributed by atoms with Gasteiger partial charge in [-0.3, -0.25) is 0 Å². The minimum Gasteiger partial charge on any atom is -0.199 e. The van der Waals surface area contributed by atoms with Crippen LogP contribution >= 0.6 is 0 Å². The van der Waals surface area contributed by atoms with Gasteiger partial charge in [-0.1, -0.05) is 5.10 Å². The second-order valence-electron chi connectivity index (χ2n) is 1.44. The second kappa shape index (κ2) is 1.42. The number of quaternary nitrogens is 1. The number of hydrogen-bond acceptors (Lipinski definition) is 1. The molecule has 2 N–H and O–H groups in total. The molecule has 0 radical (unpaired) electrons. The van der Waals surface area contributed by atoms with E-state index in [-0.39, 0.29) is 5.83 Å². The standard InChI is InChI=1S/C4H5FN2/c1-3-4(5)2-6-7-3/h2H,1H3,(H,6,7)/p+1. The molecule has 0 saturated carbocycles. The fourth-order valence-corrected chi connectivity index (χ4v) is 0.378. The topological polar surface area (TPSA) is 29.0 Å². The molecule has 0 saturated heterocycles. The molecule has 0 amide bonds. The third-order valence-electron chi connectivity index (χ3n) is 0.833. The molecule has 0 aromatic heterocycles. The first kappa shape index (κ1) is 4.46. The number of nitrogens with two attached hydrogens (primary N) is 1. The summed E-state index contributed by atoms with van der Waals surface area (Å²) in [5, 5.41) is 3.55. The van der Waals surface area contributed by atoms with Crippen molar-refractivity contribution in [2.24, 2.45) is 5.10 Å². The van der Waals surface area contributed by atoms with Crippen molar-refractivity contribution in [1.29, 1.82) is 0 Å². The van der Waals surface area contributed by atoms with Gasteiger partial charge in [0.15, 0.2) is 5.70 Å². The third kappa shape index (κ3) is 0.667. The Hall–Kier alpha value is -0.700. The molecule has 0 aliphatic carbocycles. The first-order valence-corrected chi connectivity index (χ1v) is 2.03. The lowest BCUT2D eigenvalue weighted by atomic mass is 10.5. The van der Waals surface area contributed by atoms with Gasteiger partial charge in [0.1, 0.15) is 6.21 Å². The summed E-state index contributed by atoms with van der Waals surface area (Å²) < 4.78 is 12.0. The van der Waals surface area contributed by atoms with Crippen molar-refractivity contribution in [2.75, 3.05) is 0 Å². The normalized spacial score (nSPS) is 19.1. The van der Waals surface area contributed by atoms with Gasteiger partial charge >= 0.3 is 0 Å². The zero-order valence-electron chi connectivity index (χ0n) is 3.98. The summed E-state index contributed by atoms with van der Waals surface area (Å²) in [7, 11) is 0. The highest BCUT2D eigenvalue weighted by Crippen LogP contribution is 1.96. The zero-order chi connectivity index (χ0) is 5.28. The number of hydrogen-bond donors (Lipinski definition) is 1. The van der Waals surface area contributed by atoms with E-state index in [0.29, 0.717) is 5.70 Å². The van der Waals surface area contributed by atoms with Gasteiger partial charge in [0, 0.05) is 6.92 Å². The van der Waals surface area contributed by atoms with Crippen LogP contribution in [0.15, 0.2) is 16.6 Å². The van der Waals surface area contributed by atoms with Gasteiger partial charge < -0.3 is 0 Å². The molecular weight excluding hydrogens is 95.1 g/mol. The van der Waals surface area contributed by atoms with Crippen LogP contribution in [0, 0.1) is 0 Å². The van der Waals surface area contributed by atoms with Crippen molar-refractivity contribution in [2.45, 2.75) is 6.92 Å². The van der Waals surface area contributed by atoms with Gasteiger partial charge in [-0.2, -0.15) is 9.82 Å². The summed E-state index contributed by atoms with van der Waals surface area (Å²) >= 11 is 0. The smallest absolute Gasteiger partial charge is 0.199 e. The predicted molar refractivity (Wildman–Crippen MR) is 24.2 cm³/mol. The summed E-state index contributed by atoms with van der Waals surface area (Å²) in [5.74, 6) is -0.222. The molecule has 1 aliphatic heterocycles. The Kier molecular flexibility index (Phi) is 0.906. The van der Waals surface area contributed by atoms with E-state index in [0.717, 1.165) is 0 Å². The Labute approximate surface area is 40.7 Å². The molecule has 0 aromatic rings. The lowest BCUT2D eigenvalue weighted by Crippen LogP contribution is -2.73. The van der Waals surface area contributed by atoms with Gasteiger partial charge in [-0.15, -0.1) is 0 Å². The SMILES string of the molecule is CC1=C(F)C=N[NH2+]1.